The summed E-state index contributed by atoms with van der Waals surface area (Å²) in [6.45, 7) is 1.33. The van der Waals surface area contributed by atoms with Crippen LogP contribution in [0, 0.1) is 0 Å². The fraction of sp³-hybridized carbons (Fsp3) is 0.179. The Morgan fingerprint density at radius 2 is 1.47 bits per heavy atom. The third kappa shape index (κ3) is 6.65. The van der Waals surface area contributed by atoms with Crippen molar-refractivity contribution in [1.82, 2.24) is 14.7 Å². The minimum absolute atomic E-state index is 0.219. The molecule has 6 nitrogen and oxygen atoms in total. The quantitative estimate of drug-likeness (QED) is 0.335. The minimum Gasteiger partial charge on any atom is -0.452 e. The van der Waals surface area contributed by atoms with Crippen LogP contribution < -0.4 is 0 Å². The van der Waals surface area contributed by atoms with E-state index < -0.39 is 5.97 Å². The van der Waals surface area contributed by atoms with Gasteiger partial charge in [-0.25, -0.2) is 4.79 Å². The van der Waals surface area contributed by atoms with Gasteiger partial charge in [0.1, 0.15) is 0 Å². The molecule has 1 amide bonds. The van der Waals surface area contributed by atoms with E-state index in [1.807, 2.05) is 89.7 Å². The predicted molar refractivity (Wildman–Crippen MR) is 130 cm³/mol. The first-order valence-corrected chi connectivity index (χ1v) is 11.3. The Morgan fingerprint density at radius 3 is 2.12 bits per heavy atom. The van der Waals surface area contributed by atoms with Crippen molar-refractivity contribution in [1.29, 1.82) is 0 Å². The van der Waals surface area contributed by atoms with Crippen LogP contribution in [0.15, 0.2) is 103 Å². The van der Waals surface area contributed by atoms with Crippen LogP contribution in [0.5, 0.6) is 0 Å². The molecule has 0 saturated carbocycles. The van der Waals surface area contributed by atoms with E-state index in [0.29, 0.717) is 25.2 Å². The maximum Gasteiger partial charge on any atom is 0.338 e. The minimum atomic E-state index is -0.512. The second-order valence-electron chi connectivity index (χ2n) is 8.01. The Morgan fingerprint density at radius 1 is 0.794 bits per heavy atom. The lowest BCUT2D eigenvalue weighted by Crippen LogP contribution is -2.35. The normalized spacial score (nSPS) is 10.6. The molecule has 0 atom stereocenters. The topological polar surface area (TPSA) is 64.4 Å². The van der Waals surface area contributed by atoms with Crippen molar-refractivity contribution in [3.8, 4) is 0 Å². The summed E-state index contributed by atoms with van der Waals surface area (Å²) in [5.74, 6) is -0.731. The van der Waals surface area contributed by atoms with Crippen LogP contribution >= 0.6 is 0 Å². The van der Waals surface area contributed by atoms with Crippen molar-refractivity contribution in [3.05, 3.63) is 126 Å². The van der Waals surface area contributed by atoms with Crippen molar-refractivity contribution in [2.45, 2.75) is 19.5 Å². The molecule has 0 saturated heterocycles. The summed E-state index contributed by atoms with van der Waals surface area (Å²) in [5, 5.41) is 4.18. The maximum atomic E-state index is 13.0. The molecule has 0 fully saturated rings. The van der Waals surface area contributed by atoms with Crippen LogP contribution in [0.3, 0.4) is 0 Å². The van der Waals surface area contributed by atoms with E-state index in [4.69, 9.17) is 4.74 Å². The van der Waals surface area contributed by atoms with Gasteiger partial charge in [-0.15, -0.1) is 0 Å². The Bertz CT molecular complexity index is 1170. The summed E-state index contributed by atoms with van der Waals surface area (Å²) in [6.07, 6.45) is 4.33. The molecule has 0 unspecified atom stereocenters. The number of amides is 1. The molecule has 34 heavy (non-hydrogen) atoms. The molecule has 3 aromatic carbocycles. The summed E-state index contributed by atoms with van der Waals surface area (Å²) >= 11 is 0. The number of hydrogen-bond donors (Lipinski definition) is 0. The van der Waals surface area contributed by atoms with E-state index in [9.17, 15) is 9.59 Å². The van der Waals surface area contributed by atoms with Crippen LogP contribution in [-0.4, -0.2) is 39.7 Å². The van der Waals surface area contributed by atoms with Gasteiger partial charge in [0.05, 0.1) is 12.1 Å². The Balaban J connectivity index is 1.34. The average Bonchev–Trinajstić information content (AvgIpc) is 3.39. The zero-order chi connectivity index (χ0) is 23.6. The molecule has 0 N–H and O–H groups in total. The number of carbonyl (C=O) groups is 2. The third-order valence-corrected chi connectivity index (χ3v) is 5.50. The molecule has 4 aromatic rings. The number of benzene rings is 3. The lowest BCUT2D eigenvalue weighted by molar-refractivity contribution is -0.135. The van der Waals surface area contributed by atoms with Gasteiger partial charge in [0, 0.05) is 25.5 Å². The second kappa shape index (κ2) is 11.6. The molecule has 6 heteroatoms. The molecule has 1 heterocycles. The first-order chi connectivity index (χ1) is 16.7. The van der Waals surface area contributed by atoms with Gasteiger partial charge in [0.25, 0.3) is 5.91 Å². The van der Waals surface area contributed by atoms with Crippen LogP contribution in [0.25, 0.3) is 0 Å². The molecule has 0 spiro atoms. The van der Waals surface area contributed by atoms with Crippen LogP contribution in [0.4, 0.5) is 0 Å². The highest BCUT2D eigenvalue weighted by atomic mass is 16.5. The summed E-state index contributed by atoms with van der Waals surface area (Å²) in [5.41, 5.74) is 3.62. The molecule has 0 radical (unpaired) electrons. The van der Waals surface area contributed by atoms with Gasteiger partial charge in [0.15, 0.2) is 6.61 Å². The molecule has 0 aliphatic heterocycles. The van der Waals surface area contributed by atoms with Crippen molar-refractivity contribution >= 4 is 11.9 Å². The van der Waals surface area contributed by atoms with Crippen molar-refractivity contribution in [2.75, 3.05) is 13.2 Å². The van der Waals surface area contributed by atoms with Crippen LogP contribution in [-0.2, 0) is 29.0 Å². The van der Waals surface area contributed by atoms with E-state index in [1.165, 1.54) is 0 Å². The lowest BCUT2D eigenvalue weighted by atomic mass is 10.1. The number of aromatic nitrogens is 2. The average molecular weight is 454 g/mol. The third-order valence-electron chi connectivity index (χ3n) is 5.50. The fourth-order valence-corrected chi connectivity index (χ4v) is 3.63. The molecular formula is C28H27N3O3. The molecule has 4 rings (SSSR count). The summed E-state index contributed by atoms with van der Waals surface area (Å²) < 4.78 is 7.17. The Kier molecular flexibility index (Phi) is 7.85. The number of esters is 1. The van der Waals surface area contributed by atoms with Gasteiger partial charge in [0.2, 0.25) is 0 Å². The first kappa shape index (κ1) is 23.0. The van der Waals surface area contributed by atoms with E-state index in [1.54, 1.807) is 23.2 Å². The van der Waals surface area contributed by atoms with E-state index in [-0.39, 0.29) is 12.5 Å². The smallest absolute Gasteiger partial charge is 0.338 e. The van der Waals surface area contributed by atoms with Gasteiger partial charge < -0.3 is 9.64 Å². The lowest BCUT2D eigenvalue weighted by Gasteiger charge is -2.23. The van der Waals surface area contributed by atoms with Crippen molar-refractivity contribution in [3.63, 3.8) is 0 Å². The van der Waals surface area contributed by atoms with E-state index >= 15 is 0 Å². The predicted octanol–water partition coefficient (Wildman–Crippen LogP) is 4.36. The van der Waals surface area contributed by atoms with E-state index in [2.05, 4.69) is 5.10 Å². The SMILES string of the molecule is O=C(OCC(=O)N(CCc1ccccc1)Cc1ccccc1)c1ccc(Cn2cccn2)cc1. The number of ether oxygens (including phenoxy) is 1. The van der Waals surface area contributed by atoms with Gasteiger partial charge >= 0.3 is 5.97 Å². The summed E-state index contributed by atoms with van der Waals surface area (Å²) in [4.78, 5) is 27.2. The zero-order valence-corrected chi connectivity index (χ0v) is 18.9. The summed E-state index contributed by atoms with van der Waals surface area (Å²) in [6, 6.07) is 28.9. The number of carbonyl (C=O) groups excluding carboxylic acids is 2. The first-order valence-electron chi connectivity index (χ1n) is 11.3. The van der Waals surface area contributed by atoms with Crippen LogP contribution in [0.2, 0.25) is 0 Å². The molecule has 0 aliphatic carbocycles. The van der Waals surface area contributed by atoms with Gasteiger partial charge in [-0.2, -0.15) is 5.10 Å². The zero-order valence-electron chi connectivity index (χ0n) is 18.9. The summed E-state index contributed by atoms with van der Waals surface area (Å²) in [7, 11) is 0. The second-order valence-corrected chi connectivity index (χ2v) is 8.01. The number of rotatable bonds is 10. The van der Waals surface area contributed by atoms with Gasteiger partial charge in [-0.05, 0) is 41.3 Å². The Labute approximate surface area is 199 Å². The molecule has 1 aromatic heterocycles. The molecule has 0 aliphatic rings. The highest BCUT2D eigenvalue weighted by Crippen LogP contribution is 2.10. The van der Waals surface area contributed by atoms with Gasteiger partial charge in [-0.1, -0.05) is 72.8 Å². The van der Waals surface area contributed by atoms with Gasteiger partial charge in [-0.3, -0.25) is 9.48 Å². The van der Waals surface area contributed by atoms with Crippen molar-refractivity contribution in [2.24, 2.45) is 0 Å². The highest BCUT2D eigenvalue weighted by molar-refractivity contribution is 5.91. The number of nitrogens with zero attached hydrogens (tertiary/aromatic N) is 3. The molecular weight excluding hydrogens is 426 g/mol. The maximum absolute atomic E-state index is 13.0. The highest BCUT2D eigenvalue weighted by Gasteiger charge is 2.17. The Hall–Kier alpha value is -4.19. The number of hydrogen-bond acceptors (Lipinski definition) is 4. The largest absolute Gasteiger partial charge is 0.452 e. The molecule has 172 valence electrons. The van der Waals surface area contributed by atoms with Crippen LogP contribution in [0.1, 0.15) is 27.0 Å². The fourth-order valence-electron chi connectivity index (χ4n) is 3.63. The standard InChI is InChI=1S/C28H27N3O3/c32-27(22-34-28(33)26-14-12-25(13-15-26)21-31-18-7-17-29-31)30(20-24-10-5-2-6-11-24)19-16-23-8-3-1-4-9-23/h1-15,17-18H,16,19-22H2. The van der Waals surface area contributed by atoms with Crippen molar-refractivity contribution < 1.29 is 14.3 Å². The monoisotopic (exact) mass is 453 g/mol. The molecule has 0 bridgehead atoms. The van der Waals surface area contributed by atoms with E-state index in [0.717, 1.165) is 23.1 Å².